The first kappa shape index (κ1) is 23.4. The highest BCUT2D eigenvalue weighted by Crippen LogP contribution is 2.21. The number of benzene rings is 2. The molecule has 0 saturated carbocycles. The van der Waals surface area contributed by atoms with E-state index >= 15 is 0 Å². The van der Waals surface area contributed by atoms with E-state index in [9.17, 15) is 14.0 Å². The Morgan fingerprint density at radius 1 is 0.909 bits per heavy atom. The molecule has 2 aliphatic rings. The molecular formula is C27H34FN3O2. The van der Waals surface area contributed by atoms with Crippen molar-refractivity contribution in [1.29, 1.82) is 0 Å². The van der Waals surface area contributed by atoms with Crippen LogP contribution in [0.4, 0.5) is 4.39 Å². The molecule has 2 saturated heterocycles. The lowest BCUT2D eigenvalue weighted by molar-refractivity contribution is -0.135. The fourth-order valence-corrected chi connectivity index (χ4v) is 4.99. The van der Waals surface area contributed by atoms with Gasteiger partial charge in [-0.3, -0.25) is 14.5 Å². The van der Waals surface area contributed by atoms with Crippen molar-refractivity contribution in [3.63, 3.8) is 0 Å². The van der Waals surface area contributed by atoms with Crippen LogP contribution in [0.15, 0.2) is 54.6 Å². The molecular weight excluding hydrogens is 417 g/mol. The Labute approximate surface area is 196 Å². The molecule has 2 aliphatic heterocycles. The van der Waals surface area contributed by atoms with Gasteiger partial charge in [0.25, 0.3) is 0 Å². The zero-order valence-electron chi connectivity index (χ0n) is 19.2. The average Bonchev–Trinajstić information content (AvgIpc) is 2.85. The maximum atomic E-state index is 13.1. The summed E-state index contributed by atoms with van der Waals surface area (Å²) in [4.78, 5) is 30.0. The predicted octanol–water partition coefficient (Wildman–Crippen LogP) is 3.78. The topological polar surface area (TPSA) is 52.7 Å². The molecule has 2 aromatic carbocycles. The standard InChI is InChI=1S/C27H34FN3O2/c28-24-13-11-21(12-14-24)17-26(32)31-16-6-9-23(20-31)27(33)29-18-25-10-4-5-15-30(25)19-22-7-2-1-3-8-22/h1-3,7-8,11-14,23,25H,4-6,9-10,15-20H2,(H,29,33). The molecule has 2 unspecified atom stereocenters. The van der Waals surface area contributed by atoms with Gasteiger partial charge < -0.3 is 10.2 Å². The van der Waals surface area contributed by atoms with E-state index in [2.05, 4.69) is 34.5 Å². The van der Waals surface area contributed by atoms with Crippen LogP contribution in [-0.2, 0) is 22.6 Å². The highest BCUT2D eigenvalue weighted by Gasteiger charge is 2.29. The van der Waals surface area contributed by atoms with Crippen molar-refractivity contribution in [2.45, 2.75) is 51.1 Å². The van der Waals surface area contributed by atoms with Crippen LogP contribution in [-0.4, -0.2) is 53.8 Å². The Bertz CT molecular complexity index is 919. The van der Waals surface area contributed by atoms with Crippen LogP contribution in [0.2, 0.25) is 0 Å². The Hall–Kier alpha value is -2.73. The average molecular weight is 452 g/mol. The van der Waals surface area contributed by atoms with Gasteiger partial charge >= 0.3 is 0 Å². The molecule has 0 bridgehead atoms. The Kier molecular flexibility index (Phi) is 8.10. The summed E-state index contributed by atoms with van der Waals surface area (Å²) < 4.78 is 13.1. The van der Waals surface area contributed by atoms with Gasteiger partial charge in [-0.25, -0.2) is 4.39 Å². The highest BCUT2D eigenvalue weighted by atomic mass is 19.1. The molecule has 2 amide bonds. The summed E-state index contributed by atoms with van der Waals surface area (Å²) >= 11 is 0. The van der Waals surface area contributed by atoms with E-state index in [1.165, 1.54) is 30.5 Å². The third-order valence-electron chi connectivity index (χ3n) is 6.90. The summed E-state index contributed by atoms with van der Waals surface area (Å²) in [5.41, 5.74) is 2.10. The van der Waals surface area contributed by atoms with Crippen molar-refractivity contribution in [1.82, 2.24) is 15.1 Å². The van der Waals surface area contributed by atoms with Gasteiger partial charge in [-0.2, -0.15) is 0 Å². The van der Waals surface area contributed by atoms with E-state index in [4.69, 9.17) is 0 Å². The number of nitrogens with zero attached hydrogens (tertiary/aromatic N) is 2. The second-order valence-corrected chi connectivity index (χ2v) is 9.33. The molecule has 6 heteroatoms. The second kappa shape index (κ2) is 11.4. The van der Waals surface area contributed by atoms with Gasteiger partial charge in [0.05, 0.1) is 12.3 Å². The van der Waals surface area contributed by atoms with Gasteiger partial charge in [-0.05, 0) is 55.5 Å². The third-order valence-corrected chi connectivity index (χ3v) is 6.90. The van der Waals surface area contributed by atoms with Crippen LogP contribution < -0.4 is 5.32 Å². The van der Waals surface area contributed by atoms with Crippen molar-refractivity contribution in [2.75, 3.05) is 26.2 Å². The number of carbonyl (C=O) groups excluding carboxylic acids is 2. The first-order valence-corrected chi connectivity index (χ1v) is 12.2. The molecule has 2 aromatic rings. The number of hydrogen-bond acceptors (Lipinski definition) is 3. The van der Waals surface area contributed by atoms with Gasteiger partial charge in [-0.1, -0.05) is 48.9 Å². The monoisotopic (exact) mass is 451 g/mol. The lowest BCUT2D eigenvalue weighted by Crippen LogP contribution is -2.50. The lowest BCUT2D eigenvalue weighted by Gasteiger charge is -2.37. The molecule has 0 radical (unpaired) electrons. The van der Waals surface area contributed by atoms with E-state index in [0.29, 0.717) is 25.7 Å². The van der Waals surface area contributed by atoms with Gasteiger partial charge in [0.2, 0.25) is 11.8 Å². The molecule has 0 spiro atoms. The number of nitrogens with one attached hydrogen (secondary N) is 1. The Morgan fingerprint density at radius 3 is 2.48 bits per heavy atom. The highest BCUT2D eigenvalue weighted by molar-refractivity contribution is 5.82. The van der Waals surface area contributed by atoms with Crippen LogP contribution in [0, 0.1) is 11.7 Å². The molecule has 0 aromatic heterocycles. The number of carbonyl (C=O) groups is 2. The van der Waals surface area contributed by atoms with Gasteiger partial charge in [0.15, 0.2) is 0 Å². The molecule has 2 heterocycles. The van der Waals surface area contributed by atoms with E-state index in [-0.39, 0.29) is 30.0 Å². The smallest absolute Gasteiger partial charge is 0.227 e. The van der Waals surface area contributed by atoms with Crippen LogP contribution in [0.5, 0.6) is 0 Å². The van der Waals surface area contributed by atoms with Gasteiger partial charge in [0, 0.05) is 32.2 Å². The summed E-state index contributed by atoms with van der Waals surface area (Å²) in [5, 5.41) is 3.19. The third kappa shape index (κ3) is 6.64. The molecule has 4 rings (SSSR count). The maximum absolute atomic E-state index is 13.1. The van der Waals surface area contributed by atoms with Crippen molar-refractivity contribution in [2.24, 2.45) is 5.92 Å². The van der Waals surface area contributed by atoms with Crippen LogP contribution in [0.3, 0.4) is 0 Å². The number of amides is 2. The lowest BCUT2D eigenvalue weighted by atomic mass is 9.95. The van der Waals surface area contributed by atoms with Gasteiger partial charge in [0.1, 0.15) is 5.82 Å². The minimum Gasteiger partial charge on any atom is -0.354 e. The summed E-state index contributed by atoms with van der Waals surface area (Å²) in [5.74, 6) is -0.414. The van der Waals surface area contributed by atoms with E-state index in [0.717, 1.165) is 37.9 Å². The SMILES string of the molecule is O=C(NCC1CCCCN1Cc1ccccc1)C1CCCN(C(=O)Cc2ccc(F)cc2)C1. The number of piperidine rings is 2. The largest absolute Gasteiger partial charge is 0.354 e. The number of halogens is 1. The fraction of sp³-hybridized carbons (Fsp3) is 0.481. The van der Waals surface area contributed by atoms with Crippen LogP contribution >= 0.6 is 0 Å². The maximum Gasteiger partial charge on any atom is 0.227 e. The molecule has 0 aliphatic carbocycles. The molecule has 176 valence electrons. The van der Waals surface area contributed by atoms with Crippen molar-refractivity contribution < 1.29 is 14.0 Å². The van der Waals surface area contributed by atoms with E-state index in [1.807, 2.05) is 6.07 Å². The van der Waals surface area contributed by atoms with E-state index in [1.54, 1.807) is 17.0 Å². The normalized spacial score (nSPS) is 21.5. The van der Waals surface area contributed by atoms with Crippen LogP contribution in [0.1, 0.15) is 43.2 Å². The molecule has 33 heavy (non-hydrogen) atoms. The van der Waals surface area contributed by atoms with Crippen LogP contribution in [0.25, 0.3) is 0 Å². The zero-order valence-corrected chi connectivity index (χ0v) is 19.2. The van der Waals surface area contributed by atoms with E-state index < -0.39 is 0 Å². The molecule has 5 nitrogen and oxygen atoms in total. The first-order valence-electron chi connectivity index (χ1n) is 12.2. The first-order chi connectivity index (χ1) is 16.1. The van der Waals surface area contributed by atoms with Crippen molar-refractivity contribution in [3.8, 4) is 0 Å². The molecule has 2 atom stereocenters. The van der Waals surface area contributed by atoms with Crippen molar-refractivity contribution >= 4 is 11.8 Å². The summed E-state index contributed by atoms with van der Waals surface area (Å²) in [7, 11) is 0. The van der Waals surface area contributed by atoms with Gasteiger partial charge in [-0.15, -0.1) is 0 Å². The quantitative estimate of drug-likeness (QED) is 0.697. The zero-order chi connectivity index (χ0) is 23.0. The summed E-state index contributed by atoms with van der Waals surface area (Å²) in [6.45, 7) is 3.77. The minimum atomic E-state index is -0.304. The number of hydrogen-bond donors (Lipinski definition) is 1. The summed E-state index contributed by atoms with van der Waals surface area (Å²) in [6, 6.07) is 16.9. The predicted molar refractivity (Wildman–Crippen MR) is 127 cm³/mol. The number of likely N-dealkylation sites (tertiary alicyclic amines) is 2. The fourth-order valence-electron chi connectivity index (χ4n) is 4.99. The number of rotatable bonds is 7. The molecule has 2 fully saturated rings. The summed E-state index contributed by atoms with van der Waals surface area (Å²) in [6.07, 6.45) is 5.37. The second-order valence-electron chi connectivity index (χ2n) is 9.33. The Balaban J connectivity index is 1.27. The minimum absolute atomic E-state index is 0.000393. The Morgan fingerprint density at radius 2 is 1.70 bits per heavy atom. The molecule has 1 N–H and O–H groups in total. The van der Waals surface area contributed by atoms with Crippen molar-refractivity contribution in [3.05, 3.63) is 71.5 Å².